The van der Waals surface area contributed by atoms with E-state index >= 15 is 0 Å². The number of aromatic amines is 1. The van der Waals surface area contributed by atoms with Crippen LogP contribution in [0.25, 0.3) is 0 Å². The highest BCUT2D eigenvalue weighted by Crippen LogP contribution is 2.09. The molecule has 6 heteroatoms. The van der Waals surface area contributed by atoms with E-state index in [-0.39, 0.29) is 6.54 Å². The van der Waals surface area contributed by atoms with Gasteiger partial charge in [0, 0.05) is 25.0 Å². The Hall–Kier alpha value is -2.55. The molecule has 0 saturated carbocycles. The van der Waals surface area contributed by atoms with E-state index < -0.39 is 0 Å². The van der Waals surface area contributed by atoms with Gasteiger partial charge in [0.1, 0.15) is 24.5 Å². The van der Waals surface area contributed by atoms with Crippen LogP contribution in [-0.4, -0.2) is 21.5 Å². The molecule has 0 spiro atoms. The quantitative estimate of drug-likeness (QED) is 0.672. The third kappa shape index (κ3) is 3.21. The minimum Gasteiger partial charge on any atom is -0.367 e. The van der Waals surface area contributed by atoms with Crippen molar-refractivity contribution >= 4 is 11.6 Å². The molecule has 2 aromatic heterocycles. The lowest BCUT2D eigenvalue weighted by atomic mass is 10.3. The Morgan fingerprint density at radius 2 is 2.12 bits per heavy atom. The smallest absolute Gasteiger partial charge is 0.132 e. The Bertz CT molecular complexity index is 499. The lowest BCUT2D eigenvalue weighted by Crippen LogP contribution is -2.04. The van der Waals surface area contributed by atoms with Gasteiger partial charge < -0.3 is 15.6 Å². The first kappa shape index (κ1) is 11.0. The maximum absolute atomic E-state index is 8.45. The average Bonchev–Trinajstić information content (AvgIpc) is 2.87. The second-order valence-corrected chi connectivity index (χ2v) is 3.37. The van der Waals surface area contributed by atoms with Crippen molar-refractivity contribution in [2.75, 3.05) is 17.2 Å². The fraction of sp³-hybridized carbons (Fsp3) is 0.182. The van der Waals surface area contributed by atoms with E-state index in [1.807, 2.05) is 24.5 Å². The second-order valence-electron chi connectivity index (χ2n) is 3.37. The molecular formula is C11H12N6. The maximum atomic E-state index is 8.45. The van der Waals surface area contributed by atoms with Crippen molar-refractivity contribution in [2.45, 2.75) is 6.54 Å². The Morgan fingerprint density at radius 1 is 1.29 bits per heavy atom. The Kier molecular flexibility index (Phi) is 3.55. The zero-order valence-electron chi connectivity index (χ0n) is 9.14. The summed E-state index contributed by atoms with van der Waals surface area (Å²) >= 11 is 0. The summed E-state index contributed by atoms with van der Waals surface area (Å²) in [6, 6.07) is 5.75. The molecule has 2 rings (SSSR count). The molecule has 2 heterocycles. The van der Waals surface area contributed by atoms with Gasteiger partial charge in [-0.25, -0.2) is 9.97 Å². The van der Waals surface area contributed by atoms with E-state index in [4.69, 9.17) is 5.26 Å². The monoisotopic (exact) mass is 228 g/mol. The fourth-order valence-electron chi connectivity index (χ4n) is 1.34. The molecule has 17 heavy (non-hydrogen) atoms. The Balaban J connectivity index is 1.94. The van der Waals surface area contributed by atoms with Crippen LogP contribution >= 0.6 is 0 Å². The highest BCUT2D eigenvalue weighted by molar-refractivity contribution is 5.47. The van der Waals surface area contributed by atoms with Gasteiger partial charge >= 0.3 is 0 Å². The van der Waals surface area contributed by atoms with Crippen molar-refractivity contribution in [1.82, 2.24) is 15.0 Å². The summed E-state index contributed by atoms with van der Waals surface area (Å²) < 4.78 is 0. The molecule has 0 atom stereocenters. The topological polar surface area (TPSA) is 89.4 Å². The van der Waals surface area contributed by atoms with E-state index in [1.54, 1.807) is 6.07 Å². The Morgan fingerprint density at radius 3 is 2.82 bits per heavy atom. The first-order chi connectivity index (χ1) is 8.38. The summed E-state index contributed by atoms with van der Waals surface area (Å²) in [5.74, 6) is 1.36. The zero-order chi connectivity index (χ0) is 11.9. The van der Waals surface area contributed by atoms with Crippen molar-refractivity contribution in [1.29, 1.82) is 5.26 Å². The van der Waals surface area contributed by atoms with E-state index in [1.165, 1.54) is 6.33 Å². The predicted molar refractivity (Wildman–Crippen MR) is 64.3 cm³/mol. The van der Waals surface area contributed by atoms with Gasteiger partial charge in [-0.1, -0.05) is 0 Å². The molecular weight excluding hydrogens is 216 g/mol. The maximum Gasteiger partial charge on any atom is 0.132 e. The molecule has 0 aromatic carbocycles. The highest BCUT2D eigenvalue weighted by Gasteiger charge is 1.98. The van der Waals surface area contributed by atoms with Crippen LogP contribution in [0.4, 0.5) is 11.6 Å². The summed E-state index contributed by atoms with van der Waals surface area (Å²) in [7, 11) is 0. The van der Waals surface area contributed by atoms with Crippen LogP contribution in [0.1, 0.15) is 5.56 Å². The number of nitriles is 1. The van der Waals surface area contributed by atoms with E-state index in [2.05, 4.69) is 25.6 Å². The van der Waals surface area contributed by atoms with Crippen molar-refractivity contribution < 1.29 is 0 Å². The normalized spacial score (nSPS) is 9.59. The molecule has 0 saturated heterocycles. The largest absolute Gasteiger partial charge is 0.367 e. The van der Waals surface area contributed by atoms with Gasteiger partial charge in [-0.3, -0.25) is 0 Å². The first-order valence-electron chi connectivity index (χ1n) is 5.17. The number of aromatic nitrogens is 3. The van der Waals surface area contributed by atoms with Gasteiger partial charge in [-0.05, 0) is 11.6 Å². The molecule has 0 amide bonds. The number of anilines is 2. The fourth-order valence-corrected chi connectivity index (χ4v) is 1.34. The van der Waals surface area contributed by atoms with Crippen LogP contribution < -0.4 is 10.6 Å². The SMILES string of the molecule is N#CCNc1cc(NCc2cc[nH]c2)ncn1. The lowest BCUT2D eigenvalue weighted by Gasteiger charge is -2.05. The number of hydrogen-bond acceptors (Lipinski definition) is 5. The standard InChI is InChI=1S/C11H12N6/c12-2-4-14-10-5-11(17-8-16-10)15-7-9-1-3-13-6-9/h1,3,5-6,8,13H,4,7H2,(H2,14,15,16,17). The summed E-state index contributed by atoms with van der Waals surface area (Å²) in [5, 5.41) is 14.5. The molecule has 0 unspecified atom stereocenters. The van der Waals surface area contributed by atoms with Crippen LogP contribution in [0.5, 0.6) is 0 Å². The number of H-pyrrole nitrogens is 1. The summed E-state index contributed by atoms with van der Waals surface area (Å²) in [5.41, 5.74) is 1.15. The third-order valence-corrected chi connectivity index (χ3v) is 2.15. The van der Waals surface area contributed by atoms with Gasteiger partial charge in [-0.2, -0.15) is 5.26 Å². The van der Waals surface area contributed by atoms with E-state index in [0.717, 1.165) is 11.4 Å². The molecule has 0 aliphatic carbocycles. The molecule has 0 radical (unpaired) electrons. The third-order valence-electron chi connectivity index (χ3n) is 2.15. The van der Waals surface area contributed by atoms with Crippen molar-refractivity contribution in [3.05, 3.63) is 36.4 Å². The second kappa shape index (κ2) is 5.51. The molecule has 86 valence electrons. The number of rotatable bonds is 5. The van der Waals surface area contributed by atoms with Crippen molar-refractivity contribution in [3.63, 3.8) is 0 Å². The van der Waals surface area contributed by atoms with Crippen molar-refractivity contribution in [3.8, 4) is 6.07 Å². The molecule has 2 aromatic rings. The molecule has 0 fully saturated rings. The van der Waals surface area contributed by atoms with Gasteiger partial charge in [0.15, 0.2) is 0 Å². The molecule has 6 nitrogen and oxygen atoms in total. The van der Waals surface area contributed by atoms with Gasteiger partial charge in [0.05, 0.1) is 6.07 Å². The summed E-state index contributed by atoms with van der Waals surface area (Å²) in [6.45, 7) is 0.923. The van der Waals surface area contributed by atoms with Crippen molar-refractivity contribution in [2.24, 2.45) is 0 Å². The van der Waals surface area contributed by atoms with Crippen LogP contribution in [0.3, 0.4) is 0 Å². The molecule has 0 aliphatic heterocycles. The number of nitrogens with one attached hydrogen (secondary N) is 3. The van der Waals surface area contributed by atoms with Crippen LogP contribution in [0, 0.1) is 11.3 Å². The Labute approximate surface area is 98.7 Å². The minimum absolute atomic E-state index is 0.230. The predicted octanol–water partition coefficient (Wildman–Crippen LogP) is 1.35. The van der Waals surface area contributed by atoms with E-state index in [0.29, 0.717) is 12.4 Å². The zero-order valence-corrected chi connectivity index (χ0v) is 9.14. The van der Waals surface area contributed by atoms with Gasteiger partial charge in [-0.15, -0.1) is 0 Å². The lowest BCUT2D eigenvalue weighted by molar-refractivity contribution is 1.08. The molecule has 3 N–H and O–H groups in total. The van der Waals surface area contributed by atoms with Gasteiger partial charge in [0.2, 0.25) is 0 Å². The summed E-state index contributed by atoms with van der Waals surface area (Å²) in [6.07, 6.45) is 5.25. The average molecular weight is 228 g/mol. The number of nitrogens with zero attached hydrogens (tertiary/aromatic N) is 3. The minimum atomic E-state index is 0.230. The van der Waals surface area contributed by atoms with E-state index in [9.17, 15) is 0 Å². The highest BCUT2D eigenvalue weighted by atomic mass is 15.1. The van der Waals surface area contributed by atoms with Crippen LogP contribution in [-0.2, 0) is 6.54 Å². The van der Waals surface area contributed by atoms with Crippen LogP contribution in [0.15, 0.2) is 30.9 Å². The molecule has 0 bridgehead atoms. The molecule has 0 aliphatic rings. The summed E-state index contributed by atoms with van der Waals surface area (Å²) in [4.78, 5) is 11.1. The van der Waals surface area contributed by atoms with Gasteiger partial charge in [0.25, 0.3) is 0 Å². The van der Waals surface area contributed by atoms with Crippen LogP contribution in [0.2, 0.25) is 0 Å². The number of hydrogen-bond donors (Lipinski definition) is 3. The first-order valence-corrected chi connectivity index (χ1v) is 5.17.